The van der Waals surface area contributed by atoms with Crippen molar-refractivity contribution in [1.29, 1.82) is 0 Å². The number of carboxylic acids is 1. The lowest BCUT2D eigenvalue weighted by Crippen LogP contribution is -2.40. The summed E-state index contributed by atoms with van der Waals surface area (Å²) in [7, 11) is 1.82. The molecule has 0 fully saturated rings. The van der Waals surface area contributed by atoms with E-state index in [4.69, 9.17) is 5.11 Å². The minimum absolute atomic E-state index is 0.0735. The summed E-state index contributed by atoms with van der Waals surface area (Å²) in [6.45, 7) is 2.37. The second-order valence-corrected chi connectivity index (χ2v) is 7.46. The topological polar surface area (TPSA) is 82.5 Å². The summed E-state index contributed by atoms with van der Waals surface area (Å²) in [5, 5.41) is 12.9. The van der Waals surface area contributed by atoms with Crippen LogP contribution in [-0.4, -0.2) is 34.0 Å². The third-order valence-electron chi connectivity index (χ3n) is 4.46. The summed E-state index contributed by atoms with van der Waals surface area (Å²) < 4.78 is 0. The molecule has 1 aromatic heterocycles. The van der Waals surface area contributed by atoms with Gasteiger partial charge in [-0.3, -0.25) is 0 Å². The Morgan fingerprint density at radius 1 is 1.36 bits per heavy atom. The zero-order valence-corrected chi connectivity index (χ0v) is 15.1. The number of thiazole rings is 1. The van der Waals surface area contributed by atoms with E-state index >= 15 is 0 Å². The molecule has 2 N–H and O–H groups in total. The first-order chi connectivity index (χ1) is 12.0. The number of hydrogen-bond donors (Lipinski definition) is 2. The number of nitrogens with zero attached hydrogens (tertiary/aromatic N) is 2. The Kier molecular flexibility index (Phi) is 5.03. The van der Waals surface area contributed by atoms with Gasteiger partial charge in [0, 0.05) is 13.6 Å². The normalized spacial score (nSPS) is 16.2. The molecule has 0 radical (unpaired) electrons. The van der Waals surface area contributed by atoms with E-state index < -0.39 is 5.97 Å². The van der Waals surface area contributed by atoms with E-state index in [9.17, 15) is 9.59 Å². The number of fused-ring (bicyclic) bond motifs is 1. The Balaban J connectivity index is 1.62. The first-order valence-corrected chi connectivity index (χ1v) is 9.06. The Morgan fingerprint density at radius 2 is 2.08 bits per heavy atom. The van der Waals surface area contributed by atoms with Gasteiger partial charge in [-0.05, 0) is 43.9 Å². The van der Waals surface area contributed by atoms with Crippen molar-refractivity contribution >= 4 is 23.3 Å². The number of aromatic nitrogens is 1. The van der Waals surface area contributed by atoms with Crippen LogP contribution in [0.25, 0.3) is 0 Å². The Hall–Kier alpha value is -2.41. The molecule has 2 amide bonds. The zero-order valence-electron chi connectivity index (χ0n) is 14.3. The van der Waals surface area contributed by atoms with Crippen molar-refractivity contribution < 1.29 is 14.7 Å². The van der Waals surface area contributed by atoms with Crippen LogP contribution in [0, 0.1) is 6.92 Å². The van der Waals surface area contributed by atoms with Crippen molar-refractivity contribution in [3.63, 3.8) is 0 Å². The van der Waals surface area contributed by atoms with Crippen LogP contribution < -0.4 is 5.32 Å². The lowest BCUT2D eigenvalue weighted by Gasteiger charge is -2.30. The molecule has 2 aromatic rings. The van der Waals surface area contributed by atoms with E-state index in [2.05, 4.69) is 10.3 Å². The van der Waals surface area contributed by atoms with Gasteiger partial charge in [0.05, 0.1) is 27.2 Å². The van der Waals surface area contributed by atoms with E-state index in [0.29, 0.717) is 6.54 Å². The summed E-state index contributed by atoms with van der Waals surface area (Å²) in [5.74, 6) is -0.955. The van der Waals surface area contributed by atoms with Gasteiger partial charge < -0.3 is 15.3 Å². The van der Waals surface area contributed by atoms with Crippen LogP contribution >= 0.6 is 11.3 Å². The van der Waals surface area contributed by atoms with Crippen molar-refractivity contribution in [2.24, 2.45) is 0 Å². The number of aryl methyl sites for hydroxylation is 2. The number of amides is 2. The fourth-order valence-corrected chi connectivity index (χ4v) is 4.25. The second kappa shape index (κ2) is 7.23. The van der Waals surface area contributed by atoms with Crippen molar-refractivity contribution in [1.82, 2.24) is 15.2 Å². The molecule has 1 aliphatic rings. The van der Waals surface area contributed by atoms with Crippen molar-refractivity contribution in [3.8, 4) is 0 Å². The highest BCUT2D eigenvalue weighted by Crippen LogP contribution is 2.37. The number of aromatic carboxylic acids is 1. The monoisotopic (exact) mass is 359 g/mol. The predicted octanol–water partition coefficient (Wildman–Crippen LogP) is 3.37. The first kappa shape index (κ1) is 17.4. The van der Waals surface area contributed by atoms with Crippen LogP contribution in [0.3, 0.4) is 0 Å². The molecule has 0 aliphatic heterocycles. The first-order valence-electron chi connectivity index (χ1n) is 8.25. The van der Waals surface area contributed by atoms with Gasteiger partial charge in [0.2, 0.25) is 0 Å². The van der Waals surface area contributed by atoms with Crippen molar-refractivity contribution in [3.05, 3.63) is 51.0 Å². The maximum absolute atomic E-state index is 12.5. The molecule has 0 spiro atoms. The van der Waals surface area contributed by atoms with E-state index in [1.54, 1.807) is 40.5 Å². The van der Waals surface area contributed by atoms with Gasteiger partial charge in [0.25, 0.3) is 0 Å². The van der Waals surface area contributed by atoms with Gasteiger partial charge in [-0.1, -0.05) is 12.1 Å². The number of benzene rings is 1. The largest absolute Gasteiger partial charge is 0.478 e. The van der Waals surface area contributed by atoms with Crippen molar-refractivity contribution in [2.45, 2.75) is 38.8 Å². The molecule has 3 rings (SSSR count). The molecule has 0 bridgehead atoms. The molecular formula is C18H21N3O3S. The van der Waals surface area contributed by atoms with Crippen LogP contribution in [0.15, 0.2) is 24.3 Å². The number of urea groups is 1. The maximum atomic E-state index is 12.5. The summed E-state index contributed by atoms with van der Waals surface area (Å²) in [6, 6.07) is 6.46. The molecular weight excluding hydrogens is 338 g/mol. The van der Waals surface area contributed by atoms with E-state index in [1.807, 2.05) is 14.0 Å². The number of carboxylic acid groups (broad SMARTS) is 1. The van der Waals surface area contributed by atoms with E-state index in [1.165, 1.54) is 4.88 Å². The molecule has 1 aliphatic carbocycles. The smallest absolute Gasteiger partial charge is 0.335 e. The average molecular weight is 359 g/mol. The van der Waals surface area contributed by atoms with Crippen LogP contribution in [0.4, 0.5) is 4.79 Å². The Bertz CT molecular complexity index is 785. The predicted molar refractivity (Wildman–Crippen MR) is 95.9 cm³/mol. The van der Waals surface area contributed by atoms with Gasteiger partial charge in [-0.25, -0.2) is 14.6 Å². The van der Waals surface area contributed by atoms with Crippen LogP contribution in [0.5, 0.6) is 0 Å². The lowest BCUT2D eigenvalue weighted by atomic mass is 9.97. The molecule has 1 unspecified atom stereocenters. The van der Waals surface area contributed by atoms with Crippen LogP contribution in [0.1, 0.15) is 50.4 Å². The number of carbonyl (C=O) groups is 2. The van der Waals surface area contributed by atoms with E-state index in [-0.39, 0.29) is 17.6 Å². The minimum Gasteiger partial charge on any atom is -0.478 e. The summed E-state index contributed by atoms with van der Waals surface area (Å²) in [4.78, 5) is 30.9. The van der Waals surface area contributed by atoms with Crippen LogP contribution in [-0.2, 0) is 13.0 Å². The van der Waals surface area contributed by atoms with Crippen molar-refractivity contribution in [2.75, 3.05) is 7.05 Å². The SMILES string of the molecule is Cc1nc2c(s1)C(N(C)C(=O)NCc1ccc(C(=O)O)cc1)CCC2. The molecule has 0 saturated carbocycles. The van der Waals surface area contributed by atoms with E-state index in [0.717, 1.165) is 35.5 Å². The molecule has 7 heteroatoms. The Labute approximate surface area is 150 Å². The molecule has 0 saturated heterocycles. The van der Waals surface area contributed by atoms with Gasteiger partial charge >= 0.3 is 12.0 Å². The van der Waals surface area contributed by atoms with Gasteiger partial charge in [0.1, 0.15) is 0 Å². The zero-order chi connectivity index (χ0) is 18.0. The number of nitrogens with one attached hydrogen (secondary N) is 1. The highest BCUT2D eigenvalue weighted by Gasteiger charge is 2.29. The van der Waals surface area contributed by atoms with Gasteiger partial charge in [0.15, 0.2) is 0 Å². The standard InChI is InChI=1S/C18H21N3O3S/c1-11-20-14-4-3-5-15(16(14)25-11)21(2)18(24)19-10-12-6-8-13(9-7-12)17(22)23/h6-9,15H,3-5,10H2,1-2H3,(H,19,24)(H,22,23). The second-order valence-electron chi connectivity index (χ2n) is 6.22. The minimum atomic E-state index is -0.955. The highest BCUT2D eigenvalue weighted by molar-refractivity contribution is 7.11. The third-order valence-corrected chi connectivity index (χ3v) is 5.58. The fourth-order valence-electron chi connectivity index (χ4n) is 3.10. The Morgan fingerprint density at radius 3 is 2.76 bits per heavy atom. The average Bonchev–Trinajstić information content (AvgIpc) is 2.99. The molecule has 25 heavy (non-hydrogen) atoms. The summed E-state index contributed by atoms with van der Waals surface area (Å²) in [5.41, 5.74) is 2.23. The molecule has 1 atom stereocenters. The number of carbonyl (C=O) groups excluding carboxylic acids is 1. The summed E-state index contributed by atoms with van der Waals surface area (Å²) >= 11 is 1.67. The highest BCUT2D eigenvalue weighted by atomic mass is 32.1. The fraction of sp³-hybridized carbons (Fsp3) is 0.389. The molecule has 132 valence electrons. The molecule has 1 aromatic carbocycles. The van der Waals surface area contributed by atoms with Gasteiger partial charge in [-0.15, -0.1) is 11.3 Å². The quantitative estimate of drug-likeness (QED) is 0.877. The molecule has 1 heterocycles. The maximum Gasteiger partial charge on any atom is 0.335 e. The lowest BCUT2D eigenvalue weighted by molar-refractivity contribution is 0.0697. The number of hydrogen-bond acceptors (Lipinski definition) is 4. The summed E-state index contributed by atoms with van der Waals surface area (Å²) in [6.07, 6.45) is 2.97. The van der Waals surface area contributed by atoms with Gasteiger partial charge in [-0.2, -0.15) is 0 Å². The van der Waals surface area contributed by atoms with Crippen LogP contribution in [0.2, 0.25) is 0 Å². The number of rotatable bonds is 4. The third kappa shape index (κ3) is 3.82. The molecule has 6 nitrogen and oxygen atoms in total.